The summed E-state index contributed by atoms with van der Waals surface area (Å²) >= 11 is 4.43. The maximum atomic E-state index is 12.1. The number of hydrogen-bond acceptors (Lipinski definition) is 5. The second-order valence-corrected chi connectivity index (χ2v) is 8.87. The van der Waals surface area contributed by atoms with Crippen LogP contribution < -0.4 is 4.72 Å². The van der Waals surface area contributed by atoms with Gasteiger partial charge >= 0.3 is 0 Å². The summed E-state index contributed by atoms with van der Waals surface area (Å²) in [5, 5.41) is 9.03. The highest BCUT2D eigenvalue weighted by molar-refractivity contribution is 9.11. The van der Waals surface area contributed by atoms with E-state index in [0.29, 0.717) is 15.3 Å². The number of thiophene rings is 1. The van der Waals surface area contributed by atoms with E-state index in [-0.39, 0.29) is 24.2 Å². The number of ether oxygens (including phenoxy) is 1. The van der Waals surface area contributed by atoms with Crippen LogP contribution in [0.5, 0.6) is 0 Å². The Hall–Kier alpha value is 0.01000. The van der Waals surface area contributed by atoms with Gasteiger partial charge in [0.05, 0.1) is 23.1 Å². The Balaban J connectivity index is 1.85. The zero-order chi connectivity index (χ0) is 14.6. The van der Waals surface area contributed by atoms with E-state index in [2.05, 4.69) is 20.7 Å². The van der Waals surface area contributed by atoms with Gasteiger partial charge in [0.25, 0.3) is 0 Å². The van der Waals surface area contributed by atoms with Crippen molar-refractivity contribution in [2.45, 2.75) is 43.3 Å². The van der Waals surface area contributed by atoms with Gasteiger partial charge in [-0.15, -0.1) is 11.3 Å². The second kappa shape index (κ2) is 7.33. The van der Waals surface area contributed by atoms with Crippen LogP contribution in [0.1, 0.15) is 30.6 Å². The summed E-state index contributed by atoms with van der Waals surface area (Å²) in [4.78, 5) is 0.784. The first kappa shape index (κ1) is 16.4. The summed E-state index contributed by atoms with van der Waals surface area (Å²) < 4.78 is 32.9. The van der Waals surface area contributed by atoms with Gasteiger partial charge in [-0.2, -0.15) is 0 Å². The summed E-state index contributed by atoms with van der Waals surface area (Å²) in [5.41, 5.74) is 0. The largest absolute Gasteiger partial charge is 0.391 e. The van der Waals surface area contributed by atoms with Crippen molar-refractivity contribution >= 4 is 37.3 Å². The summed E-state index contributed by atoms with van der Waals surface area (Å²) in [6.45, 7) is 0.484. The predicted molar refractivity (Wildman–Crippen MR) is 81.3 cm³/mol. The van der Waals surface area contributed by atoms with Crippen molar-refractivity contribution in [3.63, 3.8) is 0 Å². The molecule has 0 radical (unpaired) electrons. The lowest BCUT2D eigenvalue weighted by molar-refractivity contribution is 0.0626. The molecule has 1 aromatic rings. The molecule has 0 aliphatic heterocycles. The smallest absolute Gasteiger partial charge is 0.242 e. The van der Waals surface area contributed by atoms with Gasteiger partial charge in [-0.05, 0) is 34.8 Å². The van der Waals surface area contributed by atoms with Gasteiger partial charge in [0, 0.05) is 11.4 Å². The third-order valence-corrected chi connectivity index (χ3v) is 6.90. The molecule has 0 saturated heterocycles. The molecule has 0 spiro atoms. The first-order chi connectivity index (χ1) is 9.53. The molecule has 0 bridgehead atoms. The van der Waals surface area contributed by atoms with Crippen molar-refractivity contribution in [2.75, 3.05) is 13.2 Å². The van der Waals surface area contributed by atoms with Gasteiger partial charge in [-0.3, -0.25) is 0 Å². The number of nitrogens with one attached hydrogen (secondary N) is 1. The highest BCUT2D eigenvalue weighted by Gasteiger charge is 2.21. The van der Waals surface area contributed by atoms with Crippen LogP contribution in [0, 0.1) is 0 Å². The van der Waals surface area contributed by atoms with Crippen LogP contribution in [0.15, 0.2) is 14.7 Å². The lowest BCUT2D eigenvalue weighted by Crippen LogP contribution is -2.28. The van der Waals surface area contributed by atoms with E-state index in [1.165, 1.54) is 30.2 Å². The minimum atomic E-state index is -3.55. The molecule has 1 fully saturated rings. The monoisotopic (exact) mass is 383 g/mol. The molecule has 114 valence electrons. The van der Waals surface area contributed by atoms with Crippen molar-refractivity contribution in [3.8, 4) is 0 Å². The Morgan fingerprint density at radius 1 is 1.45 bits per heavy atom. The third kappa shape index (κ3) is 4.25. The Bertz CT molecular complexity index is 538. The van der Waals surface area contributed by atoms with E-state index >= 15 is 0 Å². The highest BCUT2D eigenvalue weighted by Crippen LogP contribution is 2.31. The zero-order valence-corrected chi connectivity index (χ0v) is 14.2. The van der Waals surface area contributed by atoms with Crippen LogP contribution in [-0.2, 0) is 21.4 Å². The van der Waals surface area contributed by atoms with Gasteiger partial charge in [-0.25, -0.2) is 13.1 Å². The number of sulfonamides is 1. The molecule has 2 N–H and O–H groups in total. The minimum absolute atomic E-state index is 0.163. The first-order valence-electron chi connectivity index (χ1n) is 6.53. The number of hydrogen-bond donors (Lipinski definition) is 2. The normalized spacial score (nSPS) is 16.9. The van der Waals surface area contributed by atoms with Crippen LogP contribution >= 0.6 is 27.3 Å². The van der Waals surface area contributed by atoms with Gasteiger partial charge < -0.3 is 9.84 Å². The molecule has 2 rings (SSSR count). The lowest BCUT2D eigenvalue weighted by atomic mass is 10.3. The van der Waals surface area contributed by atoms with Crippen LogP contribution in [0.4, 0.5) is 0 Å². The topological polar surface area (TPSA) is 75.6 Å². The van der Waals surface area contributed by atoms with Crippen LogP contribution in [0.3, 0.4) is 0 Å². The molecule has 0 aromatic carbocycles. The lowest BCUT2D eigenvalue weighted by Gasteiger charge is -2.11. The fourth-order valence-corrected chi connectivity index (χ4v) is 5.75. The standard InChI is InChI=1S/C12H18BrNO4S2/c13-12-11(7-10(8-15)19-12)20(16,17)14-5-6-18-9-3-1-2-4-9/h7,9,14-15H,1-6,8H2. The van der Waals surface area contributed by atoms with E-state index in [0.717, 1.165) is 12.8 Å². The molecular formula is C12H18BrNO4S2. The molecule has 1 aliphatic carbocycles. The number of aliphatic hydroxyl groups is 1. The fraction of sp³-hybridized carbons (Fsp3) is 0.667. The molecule has 8 heteroatoms. The molecule has 1 aromatic heterocycles. The van der Waals surface area contributed by atoms with Gasteiger partial charge in [0.2, 0.25) is 10.0 Å². The van der Waals surface area contributed by atoms with Crippen LogP contribution in [0.2, 0.25) is 0 Å². The quantitative estimate of drug-likeness (QED) is 0.707. The molecular weight excluding hydrogens is 366 g/mol. The van der Waals surface area contributed by atoms with Crippen LogP contribution in [-0.4, -0.2) is 32.8 Å². The maximum absolute atomic E-state index is 12.1. The number of aliphatic hydroxyl groups excluding tert-OH is 1. The van der Waals surface area contributed by atoms with Gasteiger partial charge in [0.1, 0.15) is 4.90 Å². The Labute approximate surface area is 131 Å². The second-order valence-electron chi connectivity index (χ2n) is 4.68. The highest BCUT2D eigenvalue weighted by atomic mass is 79.9. The van der Waals surface area contributed by atoms with E-state index in [9.17, 15) is 8.42 Å². The zero-order valence-electron chi connectivity index (χ0n) is 11.0. The summed E-state index contributed by atoms with van der Waals surface area (Å²) in [5.74, 6) is 0. The van der Waals surface area contributed by atoms with E-state index in [4.69, 9.17) is 9.84 Å². The molecule has 1 aliphatic rings. The molecule has 1 heterocycles. The first-order valence-corrected chi connectivity index (χ1v) is 9.62. The Morgan fingerprint density at radius 3 is 2.75 bits per heavy atom. The average molecular weight is 384 g/mol. The predicted octanol–water partition coefficient (Wildman–Crippen LogP) is 2.24. The molecule has 0 unspecified atom stereocenters. The molecule has 1 saturated carbocycles. The summed E-state index contributed by atoms with van der Waals surface area (Å²) in [7, 11) is -3.55. The summed E-state index contributed by atoms with van der Waals surface area (Å²) in [6.07, 6.45) is 4.82. The van der Waals surface area contributed by atoms with E-state index in [1.54, 1.807) is 0 Å². The van der Waals surface area contributed by atoms with Crippen molar-refractivity contribution in [2.24, 2.45) is 0 Å². The van der Waals surface area contributed by atoms with Crippen molar-refractivity contribution in [1.82, 2.24) is 4.72 Å². The number of halogens is 1. The third-order valence-electron chi connectivity index (χ3n) is 3.20. The van der Waals surface area contributed by atoms with Gasteiger partial charge in [-0.1, -0.05) is 12.8 Å². The van der Waals surface area contributed by atoms with Crippen molar-refractivity contribution < 1.29 is 18.3 Å². The van der Waals surface area contributed by atoms with Gasteiger partial charge in [0.15, 0.2) is 0 Å². The molecule has 20 heavy (non-hydrogen) atoms. The van der Waals surface area contributed by atoms with Crippen molar-refractivity contribution in [3.05, 3.63) is 14.7 Å². The van der Waals surface area contributed by atoms with E-state index < -0.39 is 10.0 Å². The van der Waals surface area contributed by atoms with E-state index in [1.807, 2.05) is 0 Å². The van der Waals surface area contributed by atoms with Crippen LogP contribution in [0.25, 0.3) is 0 Å². The average Bonchev–Trinajstić information content (AvgIpc) is 3.04. The molecule has 0 amide bonds. The SMILES string of the molecule is O=S(=O)(NCCOC1CCCC1)c1cc(CO)sc1Br. The minimum Gasteiger partial charge on any atom is -0.391 e. The summed E-state index contributed by atoms with van der Waals surface area (Å²) in [6, 6.07) is 1.48. The molecule has 0 atom stereocenters. The number of rotatable bonds is 7. The maximum Gasteiger partial charge on any atom is 0.242 e. The van der Waals surface area contributed by atoms with Crippen molar-refractivity contribution in [1.29, 1.82) is 0 Å². The Kier molecular flexibility index (Phi) is 6.00. The fourth-order valence-electron chi connectivity index (χ4n) is 2.19. The Morgan fingerprint density at radius 2 is 2.15 bits per heavy atom. The molecule has 5 nitrogen and oxygen atoms in total.